The normalized spacial score (nSPS) is 16.9. The monoisotopic (exact) mass is 383 g/mol. The predicted octanol–water partition coefficient (Wildman–Crippen LogP) is 3.71. The summed E-state index contributed by atoms with van der Waals surface area (Å²) in [5, 5.41) is 9.59. The van der Waals surface area contributed by atoms with E-state index in [1.807, 2.05) is 19.3 Å². The number of imidazole rings is 1. The molecule has 0 spiro atoms. The van der Waals surface area contributed by atoms with Gasteiger partial charge in [0.05, 0.1) is 30.3 Å². The summed E-state index contributed by atoms with van der Waals surface area (Å²) in [7, 11) is 2.03. The minimum absolute atomic E-state index is 0.266. The second-order valence-electron chi connectivity index (χ2n) is 6.77. The van der Waals surface area contributed by atoms with E-state index in [2.05, 4.69) is 50.5 Å². The number of rotatable bonds is 7. The lowest BCUT2D eigenvalue weighted by molar-refractivity contribution is 0.0954. The second kappa shape index (κ2) is 8.27. The Hall–Kier alpha value is -2.12. The highest BCUT2D eigenvalue weighted by molar-refractivity contribution is 7.98. The Kier molecular flexibility index (Phi) is 5.59. The molecule has 0 radical (unpaired) electrons. The topological polar surface area (TPSA) is 57.8 Å². The summed E-state index contributed by atoms with van der Waals surface area (Å²) in [6.07, 6.45) is 5.38. The van der Waals surface area contributed by atoms with Crippen molar-refractivity contribution in [3.63, 3.8) is 0 Å². The zero-order chi connectivity index (χ0) is 18.6. The second-order valence-corrected chi connectivity index (χ2v) is 7.71. The number of hydrogen-bond acceptors (Lipinski definition) is 5. The first-order chi connectivity index (χ1) is 13.3. The van der Waals surface area contributed by atoms with Gasteiger partial charge < -0.3 is 13.9 Å². The van der Waals surface area contributed by atoms with Crippen LogP contribution in [-0.2, 0) is 30.5 Å². The lowest BCUT2D eigenvalue weighted by atomic mass is 10.1. The highest BCUT2D eigenvalue weighted by atomic mass is 32.2. The molecule has 3 heterocycles. The van der Waals surface area contributed by atoms with Gasteiger partial charge in [-0.1, -0.05) is 49.0 Å². The van der Waals surface area contributed by atoms with Crippen LogP contribution in [0, 0.1) is 0 Å². The van der Waals surface area contributed by atoms with Crippen LogP contribution in [0.1, 0.15) is 31.4 Å². The Labute approximate surface area is 164 Å². The van der Waals surface area contributed by atoms with E-state index in [-0.39, 0.29) is 6.10 Å². The maximum atomic E-state index is 5.89. The van der Waals surface area contributed by atoms with Gasteiger partial charge in [-0.15, -0.1) is 10.2 Å². The summed E-state index contributed by atoms with van der Waals surface area (Å²) < 4.78 is 10.3. The zero-order valence-electron chi connectivity index (χ0n) is 15.8. The van der Waals surface area contributed by atoms with Gasteiger partial charge in [0, 0.05) is 20.1 Å². The molecule has 4 rings (SSSR count). The molecule has 1 aliphatic heterocycles. The maximum absolute atomic E-state index is 5.89. The van der Waals surface area contributed by atoms with Crippen LogP contribution in [0.5, 0.6) is 0 Å². The summed E-state index contributed by atoms with van der Waals surface area (Å²) in [5.74, 6) is 2.74. The number of hydrogen-bond donors (Lipinski definition) is 0. The van der Waals surface area contributed by atoms with Crippen LogP contribution in [0.15, 0.2) is 41.7 Å². The molecule has 2 aromatic heterocycles. The lowest BCUT2D eigenvalue weighted by Crippen LogP contribution is -2.16. The van der Waals surface area contributed by atoms with Gasteiger partial charge in [0.15, 0.2) is 5.16 Å². The van der Waals surface area contributed by atoms with Gasteiger partial charge in [0.2, 0.25) is 0 Å². The van der Waals surface area contributed by atoms with Gasteiger partial charge in [-0.2, -0.15) is 0 Å². The molecule has 1 saturated heterocycles. The first-order valence-corrected chi connectivity index (χ1v) is 10.5. The van der Waals surface area contributed by atoms with Crippen LogP contribution in [0.25, 0.3) is 11.3 Å². The van der Waals surface area contributed by atoms with E-state index in [0.29, 0.717) is 0 Å². The molecule has 3 aromatic rings. The number of thioether (sulfide) groups is 1. The lowest BCUT2D eigenvalue weighted by Gasteiger charge is -2.16. The van der Waals surface area contributed by atoms with Crippen molar-refractivity contribution < 1.29 is 4.74 Å². The molecule has 6 nitrogen and oxygen atoms in total. The molecule has 0 N–H and O–H groups in total. The van der Waals surface area contributed by atoms with E-state index in [1.54, 1.807) is 11.8 Å². The molecule has 0 aliphatic carbocycles. The minimum atomic E-state index is 0.266. The fraction of sp³-hybridized carbons (Fsp3) is 0.450. The van der Waals surface area contributed by atoms with Crippen LogP contribution in [0.4, 0.5) is 0 Å². The van der Waals surface area contributed by atoms with Crippen LogP contribution in [-0.4, -0.2) is 37.0 Å². The number of aromatic nitrogens is 5. The molecule has 1 aliphatic rings. The average molecular weight is 384 g/mol. The third kappa shape index (κ3) is 3.94. The number of nitrogens with zero attached hydrogens (tertiary/aromatic N) is 5. The summed E-state index contributed by atoms with van der Waals surface area (Å²) >= 11 is 1.71. The Morgan fingerprint density at radius 2 is 2.00 bits per heavy atom. The van der Waals surface area contributed by atoms with E-state index in [1.165, 1.54) is 5.56 Å². The maximum Gasteiger partial charge on any atom is 0.168 e. The molecule has 1 fully saturated rings. The Morgan fingerprint density at radius 1 is 1.19 bits per heavy atom. The number of aryl methyl sites for hydroxylation is 1. The molecule has 1 unspecified atom stereocenters. The summed E-state index contributed by atoms with van der Waals surface area (Å²) in [4.78, 5) is 4.72. The molecule has 1 atom stereocenters. The largest absolute Gasteiger partial charge is 0.376 e. The van der Waals surface area contributed by atoms with Gasteiger partial charge in [0.1, 0.15) is 11.6 Å². The van der Waals surface area contributed by atoms with Crippen molar-refractivity contribution in [3.8, 4) is 11.3 Å². The molecular weight excluding hydrogens is 358 g/mol. The van der Waals surface area contributed by atoms with Crippen molar-refractivity contribution in [3.05, 3.63) is 48.2 Å². The highest BCUT2D eigenvalue weighted by Crippen LogP contribution is 2.29. The Bertz CT molecular complexity index is 883. The quantitative estimate of drug-likeness (QED) is 0.582. The molecular formula is C20H25N5OS. The van der Waals surface area contributed by atoms with E-state index in [4.69, 9.17) is 9.72 Å². The first kappa shape index (κ1) is 18.3. The predicted molar refractivity (Wildman–Crippen MR) is 107 cm³/mol. The van der Waals surface area contributed by atoms with E-state index in [0.717, 1.165) is 60.7 Å². The molecule has 0 saturated carbocycles. The standard InChI is InChI=1S/C20H25N5OS/c1-3-18-22-23-19(24(18)2)14-27-20-21-12-17(15-8-5-4-6-9-15)25(20)13-16-10-7-11-26-16/h4-6,8-9,12,16H,3,7,10-11,13-14H2,1-2H3. The summed E-state index contributed by atoms with van der Waals surface area (Å²) in [6, 6.07) is 10.4. The third-order valence-corrected chi connectivity index (χ3v) is 5.99. The SMILES string of the molecule is CCc1nnc(CSc2ncc(-c3ccccc3)n2CC2CCCO2)n1C. The van der Waals surface area contributed by atoms with Crippen LogP contribution < -0.4 is 0 Å². The first-order valence-electron chi connectivity index (χ1n) is 9.48. The fourth-order valence-corrected chi connectivity index (χ4v) is 4.41. The zero-order valence-corrected chi connectivity index (χ0v) is 16.7. The van der Waals surface area contributed by atoms with E-state index >= 15 is 0 Å². The van der Waals surface area contributed by atoms with Gasteiger partial charge in [-0.3, -0.25) is 0 Å². The molecule has 0 bridgehead atoms. The van der Waals surface area contributed by atoms with Crippen LogP contribution >= 0.6 is 11.8 Å². The molecule has 1 aromatic carbocycles. The van der Waals surface area contributed by atoms with Crippen molar-refractivity contribution in [2.75, 3.05) is 6.61 Å². The molecule has 0 amide bonds. The van der Waals surface area contributed by atoms with Gasteiger partial charge >= 0.3 is 0 Å². The van der Waals surface area contributed by atoms with Crippen LogP contribution in [0.2, 0.25) is 0 Å². The third-order valence-electron chi connectivity index (χ3n) is 5.00. The molecule has 142 valence electrons. The molecule has 27 heavy (non-hydrogen) atoms. The number of benzene rings is 1. The van der Waals surface area contributed by atoms with Crippen molar-refractivity contribution in [2.24, 2.45) is 7.05 Å². The summed E-state index contributed by atoms with van der Waals surface area (Å²) in [5.41, 5.74) is 2.32. The van der Waals surface area contributed by atoms with Gasteiger partial charge in [-0.25, -0.2) is 4.98 Å². The number of ether oxygens (including phenoxy) is 1. The fourth-order valence-electron chi connectivity index (χ4n) is 3.44. The van der Waals surface area contributed by atoms with Crippen molar-refractivity contribution in [1.82, 2.24) is 24.3 Å². The van der Waals surface area contributed by atoms with Gasteiger partial charge in [0.25, 0.3) is 0 Å². The highest BCUT2D eigenvalue weighted by Gasteiger charge is 2.21. The molecule has 7 heteroatoms. The minimum Gasteiger partial charge on any atom is -0.376 e. The van der Waals surface area contributed by atoms with Crippen molar-refractivity contribution in [2.45, 2.75) is 49.7 Å². The smallest absolute Gasteiger partial charge is 0.168 e. The average Bonchev–Trinajstić information content (AvgIpc) is 3.42. The van der Waals surface area contributed by atoms with Crippen LogP contribution in [0.3, 0.4) is 0 Å². The van der Waals surface area contributed by atoms with Gasteiger partial charge in [-0.05, 0) is 18.4 Å². The van der Waals surface area contributed by atoms with Crippen molar-refractivity contribution in [1.29, 1.82) is 0 Å². The van der Waals surface area contributed by atoms with E-state index in [9.17, 15) is 0 Å². The van der Waals surface area contributed by atoms with E-state index < -0.39 is 0 Å². The Morgan fingerprint density at radius 3 is 2.70 bits per heavy atom. The summed E-state index contributed by atoms with van der Waals surface area (Å²) in [6.45, 7) is 3.80. The van der Waals surface area contributed by atoms with Crippen molar-refractivity contribution >= 4 is 11.8 Å². The Balaban J connectivity index is 1.59.